The maximum Gasteiger partial charge on any atom is 0.325 e. The second-order valence-corrected chi connectivity index (χ2v) is 7.90. The molecule has 0 unspecified atom stereocenters. The van der Waals surface area contributed by atoms with Gasteiger partial charge in [0, 0.05) is 17.8 Å². The van der Waals surface area contributed by atoms with E-state index in [2.05, 4.69) is 10.6 Å². The number of hydrogen-bond acceptors (Lipinski definition) is 5. The molecule has 1 aliphatic heterocycles. The number of anilines is 1. The van der Waals surface area contributed by atoms with Crippen LogP contribution in [0.1, 0.15) is 37.5 Å². The Balaban J connectivity index is 1.68. The number of benzene rings is 2. The van der Waals surface area contributed by atoms with Crippen molar-refractivity contribution in [1.29, 1.82) is 0 Å². The first-order valence-corrected chi connectivity index (χ1v) is 9.93. The molecule has 162 valence electrons. The Labute approximate surface area is 180 Å². The van der Waals surface area contributed by atoms with Crippen molar-refractivity contribution in [3.8, 4) is 0 Å². The maximum absolute atomic E-state index is 12.9. The average Bonchev–Trinajstić information content (AvgIpc) is 2.93. The molecule has 8 heteroatoms. The lowest BCUT2D eigenvalue weighted by atomic mass is 10.1. The first-order chi connectivity index (χ1) is 14.7. The number of carbonyl (C=O) groups is 4. The number of nitrogens with zero attached hydrogens (tertiary/aromatic N) is 1. The molecule has 1 fully saturated rings. The predicted molar refractivity (Wildman–Crippen MR) is 114 cm³/mol. The molecular formula is C23H25N3O5. The van der Waals surface area contributed by atoms with E-state index in [1.54, 1.807) is 56.3 Å². The second kappa shape index (κ2) is 8.99. The number of rotatable bonds is 7. The minimum Gasteiger partial charge on any atom is -0.447 e. The number of carbonyl (C=O) groups excluding carboxylic acids is 4. The highest BCUT2D eigenvalue weighted by Crippen LogP contribution is 2.22. The third-order valence-corrected chi connectivity index (χ3v) is 4.89. The first kappa shape index (κ1) is 22.0. The Morgan fingerprint density at radius 3 is 2.29 bits per heavy atom. The number of imide groups is 1. The highest BCUT2D eigenvalue weighted by molar-refractivity contribution is 6.06. The van der Waals surface area contributed by atoms with Crippen molar-refractivity contribution in [2.45, 2.75) is 38.8 Å². The Hall–Kier alpha value is -3.68. The van der Waals surface area contributed by atoms with Gasteiger partial charge in [0.1, 0.15) is 5.54 Å². The fourth-order valence-corrected chi connectivity index (χ4v) is 3.16. The van der Waals surface area contributed by atoms with Crippen molar-refractivity contribution in [2.75, 3.05) is 11.9 Å². The minimum absolute atomic E-state index is 0.131. The van der Waals surface area contributed by atoms with E-state index in [0.717, 1.165) is 10.5 Å². The third-order valence-electron chi connectivity index (χ3n) is 4.89. The van der Waals surface area contributed by atoms with E-state index in [9.17, 15) is 19.2 Å². The van der Waals surface area contributed by atoms with Crippen LogP contribution in [0.3, 0.4) is 0 Å². The van der Waals surface area contributed by atoms with Crippen molar-refractivity contribution < 1.29 is 23.9 Å². The largest absolute Gasteiger partial charge is 0.447 e. The van der Waals surface area contributed by atoms with Gasteiger partial charge in [0.15, 0.2) is 0 Å². The minimum atomic E-state index is -1.17. The number of aryl methyl sites for hydroxylation is 1. The zero-order chi connectivity index (χ0) is 22.6. The van der Waals surface area contributed by atoms with Crippen LogP contribution < -0.4 is 10.6 Å². The number of nitrogens with one attached hydrogen (secondary N) is 2. The topological polar surface area (TPSA) is 105 Å². The maximum atomic E-state index is 12.9. The fraction of sp³-hybridized carbons (Fsp3) is 0.304. The summed E-state index contributed by atoms with van der Waals surface area (Å²) in [5, 5.41) is 5.30. The Kier molecular flexibility index (Phi) is 6.39. The zero-order valence-electron chi connectivity index (χ0n) is 17.7. The van der Waals surface area contributed by atoms with Crippen LogP contribution in [-0.2, 0) is 19.1 Å². The molecule has 1 atom stereocenters. The van der Waals surface area contributed by atoms with Gasteiger partial charge in [-0.05, 0) is 32.9 Å². The second-order valence-electron chi connectivity index (χ2n) is 7.90. The molecule has 1 aliphatic rings. The van der Waals surface area contributed by atoms with Gasteiger partial charge >= 0.3 is 12.0 Å². The number of esters is 1. The molecule has 3 rings (SSSR count). The smallest absolute Gasteiger partial charge is 0.325 e. The molecule has 0 aromatic heterocycles. The van der Waals surface area contributed by atoms with E-state index >= 15 is 0 Å². The van der Waals surface area contributed by atoms with E-state index in [4.69, 9.17) is 4.74 Å². The van der Waals surface area contributed by atoms with Gasteiger partial charge in [-0.2, -0.15) is 0 Å². The van der Waals surface area contributed by atoms with Crippen LogP contribution in [0.4, 0.5) is 10.5 Å². The summed E-state index contributed by atoms with van der Waals surface area (Å²) < 4.78 is 5.46. The zero-order valence-corrected chi connectivity index (χ0v) is 17.7. The lowest BCUT2D eigenvalue weighted by Gasteiger charge is -2.19. The van der Waals surface area contributed by atoms with Crippen LogP contribution in [-0.4, -0.2) is 40.8 Å². The van der Waals surface area contributed by atoms with Crippen LogP contribution in [0, 0.1) is 6.92 Å². The molecule has 0 aliphatic carbocycles. The molecule has 2 N–H and O–H groups in total. The SMILES string of the molecule is Cc1ccc(NC(=O)[C@H](OC(=O)CCN2C(=O)NC(C)(C)C2=O)c2ccccc2)cc1. The number of amides is 4. The molecule has 1 heterocycles. The van der Waals surface area contributed by atoms with Crippen molar-refractivity contribution in [1.82, 2.24) is 10.2 Å². The summed E-state index contributed by atoms with van der Waals surface area (Å²) in [6.45, 7) is 4.99. The van der Waals surface area contributed by atoms with Gasteiger partial charge in [0.25, 0.3) is 11.8 Å². The van der Waals surface area contributed by atoms with Gasteiger partial charge in [-0.15, -0.1) is 0 Å². The van der Waals surface area contributed by atoms with Gasteiger partial charge in [0.2, 0.25) is 6.10 Å². The quantitative estimate of drug-likeness (QED) is 0.526. The van der Waals surface area contributed by atoms with Crippen LogP contribution in [0.25, 0.3) is 0 Å². The van der Waals surface area contributed by atoms with Crippen molar-refractivity contribution in [3.63, 3.8) is 0 Å². The van der Waals surface area contributed by atoms with Crippen LogP contribution in [0.2, 0.25) is 0 Å². The summed E-state index contributed by atoms with van der Waals surface area (Å²) >= 11 is 0. The van der Waals surface area contributed by atoms with Gasteiger partial charge in [-0.25, -0.2) is 4.79 Å². The molecule has 0 saturated carbocycles. The van der Waals surface area contributed by atoms with Gasteiger partial charge < -0.3 is 15.4 Å². The molecule has 0 radical (unpaired) electrons. The third kappa shape index (κ3) is 5.28. The summed E-state index contributed by atoms with van der Waals surface area (Å²) in [6.07, 6.45) is -1.40. The molecule has 2 aromatic carbocycles. The fourth-order valence-electron chi connectivity index (χ4n) is 3.16. The Morgan fingerprint density at radius 1 is 1.06 bits per heavy atom. The standard InChI is InChI=1S/C23H25N3O5/c1-15-9-11-17(12-10-15)24-20(28)19(16-7-5-4-6-8-16)31-18(27)13-14-26-21(29)23(2,3)25-22(26)30/h4-12,19H,13-14H2,1-3H3,(H,24,28)(H,25,30)/t19-/m1/s1. The monoisotopic (exact) mass is 423 g/mol. The number of hydrogen-bond donors (Lipinski definition) is 2. The van der Waals surface area contributed by atoms with Crippen LogP contribution in [0.15, 0.2) is 54.6 Å². The lowest BCUT2D eigenvalue weighted by Crippen LogP contribution is -2.40. The normalized spacial score (nSPS) is 15.9. The van der Waals surface area contributed by atoms with E-state index in [0.29, 0.717) is 11.3 Å². The molecule has 31 heavy (non-hydrogen) atoms. The molecule has 4 amide bonds. The van der Waals surface area contributed by atoms with E-state index in [1.165, 1.54) is 0 Å². The molecular weight excluding hydrogens is 398 g/mol. The van der Waals surface area contributed by atoms with E-state index < -0.39 is 35.5 Å². The first-order valence-electron chi connectivity index (χ1n) is 9.93. The van der Waals surface area contributed by atoms with E-state index in [1.807, 2.05) is 19.1 Å². The van der Waals surface area contributed by atoms with Crippen molar-refractivity contribution in [2.24, 2.45) is 0 Å². The lowest BCUT2D eigenvalue weighted by molar-refractivity contribution is -0.155. The summed E-state index contributed by atoms with van der Waals surface area (Å²) in [4.78, 5) is 50.6. The summed E-state index contributed by atoms with van der Waals surface area (Å²) in [5.41, 5.74) is 1.13. The summed E-state index contributed by atoms with van der Waals surface area (Å²) in [6, 6.07) is 15.3. The summed E-state index contributed by atoms with van der Waals surface area (Å²) in [7, 11) is 0. The summed E-state index contributed by atoms with van der Waals surface area (Å²) in [5.74, 6) is -1.61. The van der Waals surface area contributed by atoms with Crippen molar-refractivity contribution in [3.05, 3.63) is 65.7 Å². The highest BCUT2D eigenvalue weighted by atomic mass is 16.5. The molecule has 0 spiro atoms. The Bertz CT molecular complexity index is 986. The Morgan fingerprint density at radius 2 is 1.71 bits per heavy atom. The van der Waals surface area contributed by atoms with Crippen LogP contribution in [0.5, 0.6) is 0 Å². The number of ether oxygens (including phenoxy) is 1. The molecule has 0 bridgehead atoms. The van der Waals surface area contributed by atoms with Crippen LogP contribution >= 0.6 is 0 Å². The molecule has 2 aromatic rings. The predicted octanol–water partition coefficient (Wildman–Crippen LogP) is 2.94. The molecule has 1 saturated heterocycles. The van der Waals surface area contributed by atoms with Gasteiger partial charge in [-0.3, -0.25) is 19.3 Å². The average molecular weight is 423 g/mol. The number of urea groups is 1. The van der Waals surface area contributed by atoms with Gasteiger partial charge in [-0.1, -0.05) is 48.0 Å². The van der Waals surface area contributed by atoms with Crippen molar-refractivity contribution >= 4 is 29.5 Å². The van der Waals surface area contributed by atoms with Gasteiger partial charge in [0.05, 0.1) is 6.42 Å². The molecule has 8 nitrogen and oxygen atoms in total. The van der Waals surface area contributed by atoms with E-state index in [-0.39, 0.29) is 13.0 Å². The highest BCUT2D eigenvalue weighted by Gasteiger charge is 2.44.